The lowest BCUT2D eigenvalue weighted by Crippen LogP contribution is -2.36. The molecule has 0 aromatic carbocycles. The second-order valence-electron chi connectivity index (χ2n) is 4.24. The third kappa shape index (κ3) is 4.44. The zero-order chi connectivity index (χ0) is 11.3. The molecule has 1 saturated heterocycles. The van der Waals surface area contributed by atoms with Crippen LogP contribution < -0.4 is 0 Å². The Kier molecular flexibility index (Phi) is 4.78. The fraction of sp³-hybridized carbons (Fsp3) is 0.727. The highest BCUT2D eigenvalue weighted by Crippen LogP contribution is 2.15. The quantitative estimate of drug-likeness (QED) is 0.680. The van der Waals surface area contributed by atoms with Crippen LogP contribution >= 0.6 is 0 Å². The Labute approximate surface area is 91.2 Å². The molecule has 1 aliphatic heterocycles. The van der Waals surface area contributed by atoms with Crippen LogP contribution in [0.1, 0.15) is 12.8 Å². The van der Waals surface area contributed by atoms with Gasteiger partial charge >= 0.3 is 5.97 Å². The molecular weight excluding hydrogens is 192 g/mol. The first-order valence-corrected chi connectivity index (χ1v) is 5.38. The molecule has 0 radical (unpaired) electrons. The Morgan fingerprint density at radius 1 is 1.67 bits per heavy atom. The van der Waals surface area contributed by atoms with Crippen molar-refractivity contribution in [1.29, 1.82) is 0 Å². The van der Waals surface area contributed by atoms with E-state index >= 15 is 0 Å². The van der Waals surface area contributed by atoms with Crippen molar-refractivity contribution in [3.63, 3.8) is 0 Å². The van der Waals surface area contributed by atoms with E-state index in [9.17, 15) is 4.79 Å². The van der Waals surface area contributed by atoms with Gasteiger partial charge in [0.25, 0.3) is 0 Å². The van der Waals surface area contributed by atoms with Gasteiger partial charge in [0.2, 0.25) is 0 Å². The third-order valence-electron chi connectivity index (χ3n) is 2.87. The highest BCUT2D eigenvalue weighted by atomic mass is 16.4. The van der Waals surface area contributed by atoms with Crippen LogP contribution in [0.5, 0.6) is 0 Å². The van der Waals surface area contributed by atoms with Crippen LogP contribution in [-0.2, 0) is 4.79 Å². The van der Waals surface area contributed by atoms with Crippen LogP contribution in [-0.4, -0.2) is 60.6 Å². The molecule has 1 heterocycles. The molecule has 4 nitrogen and oxygen atoms in total. The number of likely N-dealkylation sites (tertiary alicyclic amines) is 1. The van der Waals surface area contributed by atoms with Crippen molar-refractivity contribution in [2.24, 2.45) is 0 Å². The molecule has 1 rings (SSSR count). The van der Waals surface area contributed by atoms with Crippen LogP contribution in [0, 0.1) is 0 Å². The highest BCUT2D eigenvalue weighted by molar-refractivity contribution is 5.79. The van der Waals surface area contributed by atoms with Crippen molar-refractivity contribution in [3.05, 3.63) is 12.2 Å². The van der Waals surface area contributed by atoms with Crippen molar-refractivity contribution in [2.75, 3.05) is 33.7 Å². The van der Waals surface area contributed by atoms with E-state index in [1.807, 2.05) is 7.05 Å². The summed E-state index contributed by atoms with van der Waals surface area (Å²) in [5, 5.41) is 8.44. The van der Waals surface area contributed by atoms with Crippen molar-refractivity contribution in [3.8, 4) is 0 Å². The number of hydrogen-bond donors (Lipinski definition) is 1. The number of carbonyl (C=O) groups is 1. The molecular formula is C11H20N2O2. The topological polar surface area (TPSA) is 43.8 Å². The first-order chi connectivity index (χ1) is 7.09. The molecule has 0 amide bonds. The number of rotatable bonds is 5. The van der Waals surface area contributed by atoms with Crippen molar-refractivity contribution in [1.82, 2.24) is 9.80 Å². The van der Waals surface area contributed by atoms with Crippen LogP contribution in [0.15, 0.2) is 12.2 Å². The number of carboxylic acid groups (broad SMARTS) is 1. The van der Waals surface area contributed by atoms with Gasteiger partial charge < -0.3 is 14.9 Å². The lowest BCUT2D eigenvalue weighted by molar-refractivity contribution is -0.131. The summed E-state index contributed by atoms with van der Waals surface area (Å²) in [4.78, 5) is 14.8. The van der Waals surface area contributed by atoms with Crippen LogP contribution in [0.3, 0.4) is 0 Å². The van der Waals surface area contributed by atoms with Gasteiger partial charge in [-0.1, -0.05) is 6.08 Å². The summed E-state index contributed by atoms with van der Waals surface area (Å²) in [6.07, 6.45) is 5.43. The summed E-state index contributed by atoms with van der Waals surface area (Å²) < 4.78 is 0. The SMILES string of the molecule is CN(C/C=C/C(=O)O)CC1CCCN1C. The first-order valence-electron chi connectivity index (χ1n) is 5.38. The van der Waals surface area contributed by atoms with Gasteiger partial charge in [-0.3, -0.25) is 0 Å². The Bertz CT molecular complexity index is 241. The van der Waals surface area contributed by atoms with E-state index in [0.717, 1.165) is 6.54 Å². The summed E-state index contributed by atoms with van der Waals surface area (Å²) in [6, 6.07) is 0.633. The van der Waals surface area contributed by atoms with Gasteiger partial charge in [-0.2, -0.15) is 0 Å². The van der Waals surface area contributed by atoms with Gasteiger partial charge in [-0.25, -0.2) is 4.79 Å². The van der Waals surface area contributed by atoms with Gasteiger partial charge in [-0.05, 0) is 33.5 Å². The number of nitrogens with zero attached hydrogens (tertiary/aromatic N) is 2. The molecule has 86 valence electrons. The molecule has 4 heteroatoms. The molecule has 0 aromatic rings. The smallest absolute Gasteiger partial charge is 0.328 e. The molecule has 1 fully saturated rings. The monoisotopic (exact) mass is 212 g/mol. The molecule has 1 N–H and O–H groups in total. The normalized spacial score (nSPS) is 23.0. The molecule has 0 aliphatic carbocycles. The predicted molar refractivity (Wildman–Crippen MR) is 59.9 cm³/mol. The van der Waals surface area contributed by atoms with E-state index in [-0.39, 0.29) is 0 Å². The van der Waals surface area contributed by atoms with E-state index in [4.69, 9.17) is 5.11 Å². The minimum Gasteiger partial charge on any atom is -0.478 e. The molecule has 15 heavy (non-hydrogen) atoms. The predicted octanol–water partition coefficient (Wildman–Crippen LogP) is 0.653. The van der Waals surface area contributed by atoms with Gasteiger partial charge in [0, 0.05) is 25.2 Å². The van der Waals surface area contributed by atoms with Gasteiger partial charge in [0.15, 0.2) is 0 Å². The minimum absolute atomic E-state index is 0.633. The Hall–Kier alpha value is -0.870. The number of aliphatic carboxylic acids is 1. The Morgan fingerprint density at radius 2 is 2.40 bits per heavy atom. The van der Waals surface area contributed by atoms with Crippen molar-refractivity contribution >= 4 is 5.97 Å². The average Bonchev–Trinajstić information content (AvgIpc) is 2.51. The standard InChI is InChI=1S/C11H20N2O2/c1-12(7-4-6-11(14)15)9-10-5-3-8-13(10)2/h4,6,10H,3,5,7-9H2,1-2H3,(H,14,15)/b6-4+. The van der Waals surface area contributed by atoms with E-state index in [1.165, 1.54) is 25.5 Å². The van der Waals surface area contributed by atoms with Gasteiger partial charge in [0.1, 0.15) is 0 Å². The molecule has 0 aromatic heterocycles. The summed E-state index contributed by atoms with van der Waals surface area (Å²) in [6.45, 7) is 2.90. The average molecular weight is 212 g/mol. The number of likely N-dealkylation sites (N-methyl/N-ethyl adjacent to an activating group) is 2. The molecule has 0 saturated carbocycles. The molecule has 0 bridgehead atoms. The Morgan fingerprint density at radius 3 is 2.93 bits per heavy atom. The molecule has 1 aliphatic rings. The van der Waals surface area contributed by atoms with Crippen LogP contribution in [0.4, 0.5) is 0 Å². The van der Waals surface area contributed by atoms with Crippen molar-refractivity contribution < 1.29 is 9.90 Å². The van der Waals surface area contributed by atoms with E-state index in [2.05, 4.69) is 16.8 Å². The lowest BCUT2D eigenvalue weighted by Gasteiger charge is -2.24. The molecule has 1 atom stereocenters. The van der Waals surface area contributed by atoms with Crippen molar-refractivity contribution in [2.45, 2.75) is 18.9 Å². The second kappa shape index (κ2) is 5.88. The van der Waals surface area contributed by atoms with E-state index in [0.29, 0.717) is 12.6 Å². The zero-order valence-electron chi connectivity index (χ0n) is 9.52. The maximum absolute atomic E-state index is 10.3. The van der Waals surface area contributed by atoms with Gasteiger partial charge in [0.05, 0.1) is 0 Å². The largest absolute Gasteiger partial charge is 0.478 e. The first kappa shape index (κ1) is 12.2. The second-order valence-corrected chi connectivity index (χ2v) is 4.24. The van der Waals surface area contributed by atoms with Gasteiger partial charge in [-0.15, -0.1) is 0 Å². The summed E-state index contributed by atoms with van der Waals surface area (Å²) >= 11 is 0. The zero-order valence-corrected chi connectivity index (χ0v) is 9.52. The Balaban J connectivity index is 2.23. The number of hydrogen-bond acceptors (Lipinski definition) is 3. The minimum atomic E-state index is -0.874. The fourth-order valence-corrected chi connectivity index (χ4v) is 1.98. The third-order valence-corrected chi connectivity index (χ3v) is 2.87. The molecule has 0 spiro atoms. The number of carboxylic acids is 1. The van der Waals surface area contributed by atoms with Crippen LogP contribution in [0.2, 0.25) is 0 Å². The maximum atomic E-state index is 10.3. The lowest BCUT2D eigenvalue weighted by atomic mass is 10.2. The van der Waals surface area contributed by atoms with E-state index < -0.39 is 5.97 Å². The summed E-state index contributed by atoms with van der Waals surface area (Å²) in [7, 11) is 4.18. The highest BCUT2D eigenvalue weighted by Gasteiger charge is 2.21. The van der Waals surface area contributed by atoms with Crippen LogP contribution in [0.25, 0.3) is 0 Å². The van der Waals surface area contributed by atoms with E-state index in [1.54, 1.807) is 6.08 Å². The maximum Gasteiger partial charge on any atom is 0.328 e. The summed E-state index contributed by atoms with van der Waals surface area (Å²) in [5.41, 5.74) is 0. The fourth-order valence-electron chi connectivity index (χ4n) is 1.98. The molecule has 1 unspecified atom stereocenters. The summed E-state index contributed by atoms with van der Waals surface area (Å²) in [5.74, 6) is -0.874.